The summed E-state index contributed by atoms with van der Waals surface area (Å²) in [5.74, 6) is 2.16. The second-order valence-electron chi connectivity index (χ2n) is 4.76. The molecule has 1 nitrogen and oxygen atoms in total. The van der Waals surface area contributed by atoms with Crippen molar-refractivity contribution in [3.8, 4) is 0 Å². The van der Waals surface area contributed by atoms with Gasteiger partial charge in [0.2, 0.25) is 0 Å². The molecule has 0 radical (unpaired) electrons. The van der Waals surface area contributed by atoms with Crippen molar-refractivity contribution < 1.29 is 4.79 Å². The molecule has 1 aromatic rings. The molecule has 0 saturated heterocycles. The third-order valence-electron chi connectivity index (χ3n) is 2.96. The largest absolute Gasteiger partial charge is 0.298 e. The van der Waals surface area contributed by atoms with Crippen LogP contribution in [0.3, 0.4) is 0 Å². The Balaban J connectivity index is 2.43. The van der Waals surface area contributed by atoms with Crippen LogP contribution in [0.5, 0.6) is 0 Å². The Kier molecular flexibility index (Phi) is 5.76. The van der Waals surface area contributed by atoms with Crippen LogP contribution in [0, 0.1) is 19.8 Å². The van der Waals surface area contributed by atoms with Crippen LogP contribution in [0.1, 0.15) is 37.0 Å². The van der Waals surface area contributed by atoms with Crippen LogP contribution in [-0.2, 0) is 10.5 Å². The number of ketones is 1. The summed E-state index contributed by atoms with van der Waals surface area (Å²) in [6.45, 7) is 8.31. The molecular weight excluding hydrogens is 228 g/mol. The van der Waals surface area contributed by atoms with Crippen molar-refractivity contribution >= 4 is 17.5 Å². The van der Waals surface area contributed by atoms with Gasteiger partial charge in [-0.05, 0) is 25.8 Å². The molecule has 1 aromatic carbocycles. The van der Waals surface area contributed by atoms with E-state index in [2.05, 4.69) is 39.0 Å². The maximum absolute atomic E-state index is 11.7. The molecule has 1 atom stereocenters. The minimum Gasteiger partial charge on any atom is -0.298 e. The average molecular weight is 250 g/mol. The lowest BCUT2D eigenvalue weighted by Crippen LogP contribution is -2.12. The molecule has 0 N–H and O–H groups in total. The highest BCUT2D eigenvalue weighted by molar-refractivity contribution is 7.99. The van der Waals surface area contributed by atoms with Crippen LogP contribution in [-0.4, -0.2) is 11.5 Å². The molecule has 0 fully saturated rings. The lowest BCUT2D eigenvalue weighted by molar-refractivity contribution is -0.119. The number of hydrogen-bond acceptors (Lipinski definition) is 2. The van der Waals surface area contributed by atoms with E-state index in [-0.39, 0.29) is 5.92 Å². The van der Waals surface area contributed by atoms with Crippen molar-refractivity contribution in [2.24, 2.45) is 5.92 Å². The van der Waals surface area contributed by atoms with E-state index in [1.807, 2.05) is 6.92 Å². The fourth-order valence-corrected chi connectivity index (χ4v) is 2.78. The standard InChI is InChI=1S/C15H22OS/c1-5-13(4)15(16)10-17-9-14-7-11(2)6-12(3)8-14/h6-8,13H,5,9-10H2,1-4H3. The van der Waals surface area contributed by atoms with E-state index >= 15 is 0 Å². The first-order valence-corrected chi connectivity index (χ1v) is 7.36. The molecule has 0 amide bonds. The first-order valence-electron chi connectivity index (χ1n) is 6.20. The van der Waals surface area contributed by atoms with Gasteiger partial charge in [-0.3, -0.25) is 4.79 Å². The van der Waals surface area contributed by atoms with Gasteiger partial charge in [0.05, 0.1) is 5.75 Å². The Labute approximate surface area is 109 Å². The van der Waals surface area contributed by atoms with E-state index in [0.717, 1.165) is 12.2 Å². The molecule has 0 aliphatic carbocycles. The highest BCUT2D eigenvalue weighted by Gasteiger charge is 2.10. The topological polar surface area (TPSA) is 17.1 Å². The van der Waals surface area contributed by atoms with Gasteiger partial charge in [-0.1, -0.05) is 43.2 Å². The monoisotopic (exact) mass is 250 g/mol. The Hall–Kier alpha value is -0.760. The molecule has 0 aliphatic heterocycles. The number of carbonyl (C=O) groups is 1. The molecular formula is C15H22OS. The molecule has 0 heterocycles. The Morgan fingerprint density at radius 1 is 1.24 bits per heavy atom. The van der Waals surface area contributed by atoms with E-state index < -0.39 is 0 Å². The van der Waals surface area contributed by atoms with Crippen molar-refractivity contribution in [3.05, 3.63) is 34.9 Å². The third kappa shape index (κ3) is 4.95. The van der Waals surface area contributed by atoms with E-state index in [0.29, 0.717) is 11.5 Å². The van der Waals surface area contributed by atoms with Gasteiger partial charge >= 0.3 is 0 Å². The average Bonchev–Trinajstić information content (AvgIpc) is 2.26. The number of benzene rings is 1. The number of thioether (sulfide) groups is 1. The lowest BCUT2D eigenvalue weighted by Gasteiger charge is -2.08. The minimum atomic E-state index is 0.210. The van der Waals surface area contributed by atoms with Crippen LogP contribution in [0.2, 0.25) is 0 Å². The summed E-state index contributed by atoms with van der Waals surface area (Å²) >= 11 is 1.73. The molecule has 2 heteroatoms. The first-order chi connectivity index (χ1) is 8.02. The van der Waals surface area contributed by atoms with Gasteiger partial charge in [0.1, 0.15) is 5.78 Å². The van der Waals surface area contributed by atoms with Crippen molar-refractivity contribution in [1.82, 2.24) is 0 Å². The predicted octanol–water partition coefficient (Wildman–Crippen LogP) is 4.15. The summed E-state index contributed by atoms with van der Waals surface area (Å²) in [5, 5.41) is 0. The summed E-state index contributed by atoms with van der Waals surface area (Å²) < 4.78 is 0. The van der Waals surface area contributed by atoms with Gasteiger partial charge in [-0.15, -0.1) is 11.8 Å². The maximum Gasteiger partial charge on any atom is 0.145 e. The molecule has 0 saturated carbocycles. The van der Waals surface area contributed by atoms with Crippen molar-refractivity contribution in [2.45, 2.75) is 39.9 Å². The summed E-state index contributed by atoms with van der Waals surface area (Å²) in [4.78, 5) is 11.7. The molecule has 0 aromatic heterocycles. The van der Waals surface area contributed by atoms with Crippen LogP contribution in [0.25, 0.3) is 0 Å². The first kappa shape index (κ1) is 14.3. The molecule has 0 spiro atoms. The fourth-order valence-electron chi connectivity index (χ4n) is 1.79. The molecule has 0 bridgehead atoms. The van der Waals surface area contributed by atoms with Crippen molar-refractivity contribution in [2.75, 3.05) is 5.75 Å². The zero-order valence-electron chi connectivity index (χ0n) is 11.2. The van der Waals surface area contributed by atoms with Crippen LogP contribution in [0.15, 0.2) is 18.2 Å². The maximum atomic E-state index is 11.7. The van der Waals surface area contributed by atoms with E-state index in [1.165, 1.54) is 16.7 Å². The van der Waals surface area contributed by atoms with Gasteiger partial charge in [-0.2, -0.15) is 0 Å². The number of carbonyl (C=O) groups excluding carboxylic acids is 1. The minimum absolute atomic E-state index is 0.210. The van der Waals surface area contributed by atoms with Gasteiger partial charge in [0.15, 0.2) is 0 Å². The number of rotatable bonds is 6. The fraction of sp³-hybridized carbons (Fsp3) is 0.533. The Morgan fingerprint density at radius 3 is 2.35 bits per heavy atom. The predicted molar refractivity (Wildman–Crippen MR) is 76.5 cm³/mol. The van der Waals surface area contributed by atoms with Crippen LogP contribution < -0.4 is 0 Å². The van der Waals surface area contributed by atoms with E-state index in [4.69, 9.17) is 0 Å². The molecule has 0 aliphatic rings. The van der Waals surface area contributed by atoms with E-state index in [9.17, 15) is 4.79 Å². The van der Waals surface area contributed by atoms with Gasteiger partial charge in [0, 0.05) is 11.7 Å². The van der Waals surface area contributed by atoms with Gasteiger partial charge in [0.25, 0.3) is 0 Å². The zero-order chi connectivity index (χ0) is 12.8. The zero-order valence-corrected chi connectivity index (χ0v) is 12.1. The second kappa shape index (κ2) is 6.85. The van der Waals surface area contributed by atoms with Crippen LogP contribution in [0.4, 0.5) is 0 Å². The number of aryl methyl sites for hydroxylation is 2. The third-order valence-corrected chi connectivity index (χ3v) is 3.98. The lowest BCUT2D eigenvalue weighted by atomic mass is 10.1. The molecule has 1 unspecified atom stereocenters. The van der Waals surface area contributed by atoms with Crippen molar-refractivity contribution in [3.63, 3.8) is 0 Å². The highest BCUT2D eigenvalue weighted by atomic mass is 32.2. The second-order valence-corrected chi connectivity index (χ2v) is 5.75. The Bertz CT molecular complexity index is 364. The summed E-state index contributed by atoms with van der Waals surface area (Å²) in [6, 6.07) is 6.58. The number of hydrogen-bond donors (Lipinski definition) is 0. The quantitative estimate of drug-likeness (QED) is 0.754. The Morgan fingerprint density at radius 2 is 1.82 bits per heavy atom. The molecule has 1 rings (SSSR count). The van der Waals surface area contributed by atoms with Crippen LogP contribution >= 0.6 is 11.8 Å². The molecule has 17 heavy (non-hydrogen) atoms. The SMILES string of the molecule is CCC(C)C(=O)CSCc1cc(C)cc(C)c1. The van der Waals surface area contributed by atoms with Gasteiger partial charge < -0.3 is 0 Å². The smallest absolute Gasteiger partial charge is 0.145 e. The molecule has 94 valence electrons. The van der Waals surface area contributed by atoms with E-state index in [1.54, 1.807) is 11.8 Å². The summed E-state index contributed by atoms with van der Waals surface area (Å²) in [7, 11) is 0. The summed E-state index contributed by atoms with van der Waals surface area (Å²) in [5.41, 5.74) is 3.92. The summed E-state index contributed by atoms with van der Waals surface area (Å²) in [6.07, 6.45) is 0.947. The normalized spacial score (nSPS) is 12.5. The highest BCUT2D eigenvalue weighted by Crippen LogP contribution is 2.17. The van der Waals surface area contributed by atoms with Gasteiger partial charge in [-0.25, -0.2) is 0 Å². The number of Topliss-reactive ketones (excluding diaryl/α,β-unsaturated/α-hetero) is 1. The van der Waals surface area contributed by atoms with Crippen molar-refractivity contribution in [1.29, 1.82) is 0 Å².